The third-order valence-electron chi connectivity index (χ3n) is 6.93. The van der Waals surface area contributed by atoms with E-state index in [9.17, 15) is 23.6 Å². The minimum absolute atomic E-state index is 0. The normalized spacial score (nSPS) is 10.1. The van der Waals surface area contributed by atoms with Crippen molar-refractivity contribution in [2.24, 2.45) is 0 Å². The number of amides is 3. The van der Waals surface area contributed by atoms with E-state index in [1.807, 2.05) is 66.7 Å². The number of pyridine rings is 4. The van der Waals surface area contributed by atoms with Crippen LogP contribution < -0.4 is 21.7 Å². The molecule has 0 fully saturated rings. The fourth-order valence-electron chi connectivity index (χ4n) is 4.36. The zero-order valence-electron chi connectivity index (χ0n) is 39.9. The quantitative estimate of drug-likeness (QED) is 0.0323. The van der Waals surface area contributed by atoms with Gasteiger partial charge in [0, 0.05) is 14.5 Å². The molecule has 0 radical (unpaired) electrons. The van der Waals surface area contributed by atoms with E-state index in [0.29, 0.717) is 29.8 Å². The van der Waals surface area contributed by atoms with Crippen molar-refractivity contribution in [1.29, 1.82) is 0 Å². The highest BCUT2D eigenvalue weighted by molar-refractivity contribution is 9.11. The molecule has 4 rings (SSSR count). The van der Waals surface area contributed by atoms with Crippen LogP contribution in [-0.4, -0.2) is 72.7 Å². The Balaban J connectivity index is -0.000000405. The average molecular weight is 1200 g/mol. The number of halogens is 4. The number of alkyl halides is 1. The molecule has 0 aliphatic heterocycles. The lowest BCUT2D eigenvalue weighted by Crippen LogP contribution is -2.27. The Bertz CT molecular complexity index is 2260. The van der Waals surface area contributed by atoms with E-state index in [1.165, 1.54) is 12.1 Å². The molecule has 4 heterocycles. The number of anilines is 4. The molecule has 0 atom stereocenters. The molecule has 0 aliphatic carbocycles. The van der Waals surface area contributed by atoms with Crippen molar-refractivity contribution in [3.05, 3.63) is 98.2 Å². The fraction of sp³-hybridized carbons (Fsp3) is 0.422. The van der Waals surface area contributed by atoms with E-state index < -0.39 is 46.8 Å². The van der Waals surface area contributed by atoms with E-state index in [-0.39, 0.29) is 53.8 Å². The van der Waals surface area contributed by atoms with Crippen LogP contribution in [0.3, 0.4) is 0 Å². The maximum Gasteiger partial charge on any atom is 0.413 e. The van der Waals surface area contributed by atoms with Crippen molar-refractivity contribution in [2.45, 2.75) is 114 Å². The highest BCUT2D eigenvalue weighted by atomic mass is 79.9. The summed E-state index contributed by atoms with van der Waals surface area (Å²) in [5.74, 6) is 0.682. The molecular formula is C45H65Br3FN8O8P3-6. The summed E-state index contributed by atoms with van der Waals surface area (Å²) in [4.78, 5) is 61.8. The summed E-state index contributed by atoms with van der Waals surface area (Å²) >= 11 is 9.59. The van der Waals surface area contributed by atoms with Gasteiger partial charge in [-0.3, -0.25) is 20.7 Å². The molecule has 0 unspecified atom stereocenters. The smallest absolute Gasteiger partial charge is 0.413 e. The third-order valence-corrected chi connectivity index (χ3v) is 9.11. The molecule has 0 spiro atoms. The number of carbonyl (C=O) groups is 4. The van der Waals surface area contributed by atoms with Gasteiger partial charge in [-0.15, -0.1) is 0 Å². The molecule has 0 aliphatic rings. The van der Waals surface area contributed by atoms with Crippen molar-refractivity contribution >= 4 is 131 Å². The molecule has 16 nitrogen and oxygen atoms in total. The summed E-state index contributed by atoms with van der Waals surface area (Å²) in [6, 6.07) is 13.3. The second kappa shape index (κ2) is 32.8. The first-order valence-corrected chi connectivity index (χ1v) is 22.2. The van der Waals surface area contributed by atoms with Gasteiger partial charge >= 0.3 is 18.3 Å². The van der Waals surface area contributed by atoms with Gasteiger partial charge in [0.1, 0.15) is 45.8 Å². The second-order valence-electron chi connectivity index (χ2n) is 16.2. The Hall–Kier alpha value is -3.92. The van der Waals surface area contributed by atoms with Gasteiger partial charge in [-0.05, 0) is 170 Å². The highest BCUT2D eigenvalue weighted by Crippen LogP contribution is 2.21. The highest BCUT2D eigenvalue weighted by Gasteiger charge is 2.20. The predicted octanol–water partition coefficient (Wildman–Crippen LogP) is 14.5. The topological polar surface area (TPSA) is 219 Å². The number of ether oxygens (including phenoxy) is 4. The van der Waals surface area contributed by atoms with Crippen molar-refractivity contribution in [3.63, 3.8) is 0 Å². The number of aryl methyl sites for hydroxylation is 3. The summed E-state index contributed by atoms with van der Waals surface area (Å²) in [6.45, 7) is 27.9. The molecule has 0 saturated carbocycles. The van der Waals surface area contributed by atoms with Crippen molar-refractivity contribution in [2.75, 3.05) is 33.6 Å². The van der Waals surface area contributed by atoms with Crippen molar-refractivity contribution < 1.29 is 42.5 Å². The van der Waals surface area contributed by atoms with Gasteiger partial charge in [0.15, 0.2) is 5.78 Å². The van der Waals surface area contributed by atoms with Crippen molar-refractivity contribution in [3.8, 4) is 0 Å². The number of nitrogens with two attached hydrogens (primary N) is 1. The minimum atomic E-state index is -0.932. The van der Waals surface area contributed by atoms with Crippen LogP contribution >= 0.6 is 77.5 Å². The molecule has 0 aromatic carbocycles. The van der Waals surface area contributed by atoms with Gasteiger partial charge in [-0.1, -0.05) is 29.9 Å². The van der Waals surface area contributed by atoms with Crippen molar-refractivity contribution in [1.82, 2.24) is 19.9 Å². The van der Waals surface area contributed by atoms with E-state index in [4.69, 9.17) is 24.7 Å². The second-order valence-corrected chi connectivity index (χ2v) is 18.5. The average Bonchev–Trinajstić information content (AvgIpc) is 3.13. The number of carbonyl (C=O) groups excluding carboxylic acids is 4. The van der Waals surface area contributed by atoms with Crippen LogP contribution in [0.25, 0.3) is 5.76 Å². The minimum Gasteiger partial charge on any atom is -3.00 e. The number of ketones is 1. The number of Topliss-reactive ketones (excluding diaryl/α,β-unsaturated/α-hetero) is 1. The summed E-state index contributed by atoms with van der Waals surface area (Å²) in [5.41, 5.74) is 6.85. The number of nitrogens with zero attached hydrogens (tertiary/aromatic N) is 4. The Morgan fingerprint density at radius 2 is 1.00 bits per heavy atom. The lowest BCUT2D eigenvalue weighted by atomic mass is 10.2. The Labute approximate surface area is 436 Å². The zero-order valence-corrected chi connectivity index (χ0v) is 47.7. The molecule has 4 aromatic heterocycles. The monoisotopic (exact) mass is 1190 g/mol. The Kier molecular flexibility index (Phi) is 34.1. The maximum absolute atomic E-state index is 13.5. The number of nitrogens with one attached hydrogen (secondary N) is 3. The van der Waals surface area contributed by atoms with E-state index in [1.54, 1.807) is 59.7 Å². The maximum atomic E-state index is 13.5. The molecule has 5 N–H and O–H groups in total. The van der Waals surface area contributed by atoms with Crippen LogP contribution in [0.15, 0.2) is 64.1 Å². The molecule has 23 heteroatoms. The van der Waals surface area contributed by atoms with Crippen LogP contribution in [0.2, 0.25) is 0 Å². The van der Waals surface area contributed by atoms with Gasteiger partial charge < -0.3 is 54.4 Å². The van der Waals surface area contributed by atoms with Crippen LogP contribution in [0.5, 0.6) is 0 Å². The van der Waals surface area contributed by atoms with E-state index in [0.717, 1.165) is 31.6 Å². The molecular weight excluding hydrogens is 1130 g/mol. The van der Waals surface area contributed by atoms with E-state index >= 15 is 0 Å². The van der Waals surface area contributed by atoms with Gasteiger partial charge in [-0.25, -0.2) is 34.3 Å². The van der Waals surface area contributed by atoms with Crippen LogP contribution in [0.1, 0.15) is 110 Å². The largest absolute Gasteiger partial charge is 3.00 e. The third kappa shape index (κ3) is 29.9. The number of hydrogen-bond acceptors (Lipinski definition) is 13. The lowest BCUT2D eigenvalue weighted by molar-refractivity contribution is 0.0623. The first-order valence-electron chi connectivity index (χ1n) is 19.5. The Morgan fingerprint density at radius 3 is 1.32 bits per heavy atom. The van der Waals surface area contributed by atoms with E-state index in [2.05, 4.69) is 90.3 Å². The zero-order chi connectivity index (χ0) is 49.2. The molecule has 382 valence electrons. The molecule has 3 amide bonds. The van der Waals surface area contributed by atoms with Gasteiger partial charge in [0.2, 0.25) is 5.95 Å². The molecule has 0 saturated heterocycles. The lowest BCUT2D eigenvalue weighted by Gasteiger charge is -3.00. The number of hydrogen-bond donors (Lipinski definition) is 4. The van der Waals surface area contributed by atoms with Crippen LogP contribution in [0.4, 0.5) is 42.0 Å². The summed E-state index contributed by atoms with van der Waals surface area (Å²) in [7, 11) is 0. The molecule has 4 aromatic rings. The first-order chi connectivity index (χ1) is 29.4. The van der Waals surface area contributed by atoms with Gasteiger partial charge in [0.25, 0.3) is 0 Å². The Morgan fingerprint density at radius 1 is 0.647 bits per heavy atom. The number of aromatic nitrogens is 4. The fourth-order valence-corrected chi connectivity index (χ4v) is 5.11. The van der Waals surface area contributed by atoms with Gasteiger partial charge in [0.05, 0.1) is 34.6 Å². The summed E-state index contributed by atoms with van der Waals surface area (Å²) in [6.07, 6.45) is -1.76. The van der Waals surface area contributed by atoms with Gasteiger partial charge in [-0.2, -0.15) is 4.39 Å². The van der Waals surface area contributed by atoms with Crippen LogP contribution in [-0.2, 0) is 18.9 Å². The molecule has 0 bridgehead atoms. The molecule has 68 heavy (non-hydrogen) atoms. The first kappa shape index (κ1) is 70.6. The summed E-state index contributed by atoms with van der Waals surface area (Å²) in [5, 5.41) is 7.46. The SMILES string of the molecule is C.C=C(OCC)c1ccc(NC(=O)OC(C)(C)C)nc1C.CC(C)(C)OC(=O)Nc1ccc(C(=O)CBr)c(F)n1.Cc1nc(N)ccc1Br.Cc1nc(NC(=O)OC(C)(C)C)ccc1Br.[P-3].[PH-2].[PH2-]. The number of rotatable bonds is 8. The summed E-state index contributed by atoms with van der Waals surface area (Å²) < 4.78 is 36.1. The predicted molar refractivity (Wildman–Crippen MR) is 291 cm³/mol. The number of nitrogen functional groups attached to an aromatic ring is 1. The van der Waals surface area contributed by atoms with Crippen LogP contribution in [0, 0.1) is 26.7 Å². The standard InChI is InChI=1S/C15H22N2O3.C12H14BrFN2O3.C11H15BrN2O2.C6H7BrN2.CH4.H2P.HP.P/c1-7-19-11(3)12-8-9-13(16-10(12)2)17-14(18)20-15(4,5)6;1-12(2,3)19-11(18)16-9-5-4-7(8(17)6-13)10(14)15-9;1-7-8(12)5-6-9(13-7)14-10(15)16-11(2,3)4;1-4-5(7)2-3-6(8)9-4;;;;/h8-9H,3,7H2,1-2,4-6H3,(H,16,17,18);4-5H,6H2,1-3H3,(H,15,16,18);5-6H,1-4H3,(H,13,14,15);2-3H,1H3,(H2,8,9);1H4;1H2;1H;/q;;;;;-1;-2;-3.